The highest BCUT2D eigenvalue weighted by molar-refractivity contribution is 6.30. The van der Waals surface area contributed by atoms with Crippen LogP contribution in [-0.2, 0) is 4.79 Å². The molecule has 20 heavy (non-hydrogen) atoms. The van der Waals surface area contributed by atoms with Crippen molar-refractivity contribution in [2.24, 2.45) is 0 Å². The number of hydrogen-bond acceptors (Lipinski definition) is 3. The predicted octanol–water partition coefficient (Wildman–Crippen LogP) is 2.96. The van der Waals surface area contributed by atoms with Crippen LogP contribution in [0.15, 0.2) is 41.4 Å². The normalized spacial score (nSPS) is 15.2. The molecular weight excluding hydrogens is 280 g/mol. The van der Waals surface area contributed by atoms with E-state index in [1.54, 1.807) is 23.1 Å². The summed E-state index contributed by atoms with van der Waals surface area (Å²) in [4.78, 5) is 23.8. The number of non-ortho nitro benzene ring substituents is 1. The minimum absolute atomic E-state index is 0.00329. The van der Waals surface area contributed by atoms with Crippen LogP contribution in [0.25, 0.3) is 6.08 Å². The van der Waals surface area contributed by atoms with Crippen molar-refractivity contribution in [3.8, 4) is 0 Å². The maximum Gasteiger partial charge on any atom is 0.270 e. The van der Waals surface area contributed by atoms with Gasteiger partial charge in [-0.3, -0.25) is 14.9 Å². The molecule has 0 aliphatic carbocycles. The largest absolute Gasteiger partial charge is 0.334 e. The number of halogens is 1. The molecule has 0 saturated heterocycles. The average molecular weight is 293 g/mol. The number of nitro benzene ring substituents is 1. The molecule has 0 saturated carbocycles. The van der Waals surface area contributed by atoms with E-state index < -0.39 is 4.92 Å². The summed E-state index contributed by atoms with van der Waals surface area (Å²) >= 11 is 5.90. The number of rotatable bonds is 3. The minimum Gasteiger partial charge on any atom is -0.334 e. The Morgan fingerprint density at radius 1 is 1.45 bits per heavy atom. The lowest BCUT2D eigenvalue weighted by molar-refractivity contribution is -0.384. The molecule has 1 aliphatic heterocycles. The molecule has 0 atom stereocenters. The Balaban J connectivity index is 2.05. The second kappa shape index (κ2) is 6.34. The molecule has 1 amide bonds. The van der Waals surface area contributed by atoms with Gasteiger partial charge in [0.1, 0.15) is 0 Å². The Labute approximate surface area is 121 Å². The van der Waals surface area contributed by atoms with Gasteiger partial charge in [0, 0.05) is 29.8 Å². The van der Waals surface area contributed by atoms with E-state index in [1.807, 2.05) is 6.08 Å². The fourth-order valence-corrected chi connectivity index (χ4v) is 2.16. The number of carbonyl (C=O) groups is 1. The Bertz CT molecular complexity index is 596. The highest BCUT2D eigenvalue weighted by Gasteiger charge is 2.14. The fourth-order valence-electron chi connectivity index (χ4n) is 1.91. The van der Waals surface area contributed by atoms with Crippen LogP contribution in [0, 0.1) is 10.1 Å². The lowest BCUT2D eigenvalue weighted by Gasteiger charge is -2.23. The summed E-state index contributed by atoms with van der Waals surface area (Å²) in [6, 6.07) is 6.13. The van der Waals surface area contributed by atoms with Gasteiger partial charge in [-0.15, -0.1) is 0 Å². The SMILES string of the molecule is O=C(/C=C/c1cccc([N+](=O)[O-])c1)N1CCC=C(Cl)C1. The highest BCUT2D eigenvalue weighted by atomic mass is 35.5. The van der Waals surface area contributed by atoms with Crippen LogP contribution in [0.4, 0.5) is 5.69 Å². The summed E-state index contributed by atoms with van der Waals surface area (Å²) in [5, 5.41) is 11.3. The van der Waals surface area contributed by atoms with E-state index in [-0.39, 0.29) is 11.6 Å². The van der Waals surface area contributed by atoms with Crippen molar-refractivity contribution < 1.29 is 9.72 Å². The molecule has 6 heteroatoms. The number of benzene rings is 1. The van der Waals surface area contributed by atoms with E-state index in [2.05, 4.69) is 0 Å². The van der Waals surface area contributed by atoms with Crippen LogP contribution >= 0.6 is 11.6 Å². The van der Waals surface area contributed by atoms with Crippen LogP contribution in [0.5, 0.6) is 0 Å². The summed E-state index contributed by atoms with van der Waals surface area (Å²) in [5.41, 5.74) is 0.620. The summed E-state index contributed by atoms with van der Waals surface area (Å²) in [7, 11) is 0. The van der Waals surface area contributed by atoms with E-state index in [1.165, 1.54) is 18.2 Å². The molecule has 104 valence electrons. The van der Waals surface area contributed by atoms with Gasteiger partial charge in [0.05, 0.1) is 11.5 Å². The highest BCUT2D eigenvalue weighted by Crippen LogP contribution is 2.16. The molecule has 0 spiro atoms. The first-order valence-electron chi connectivity index (χ1n) is 6.12. The number of nitrogens with zero attached hydrogens (tertiary/aromatic N) is 2. The first-order valence-corrected chi connectivity index (χ1v) is 6.50. The van der Waals surface area contributed by atoms with Gasteiger partial charge >= 0.3 is 0 Å². The zero-order valence-electron chi connectivity index (χ0n) is 10.7. The first kappa shape index (κ1) is 14.3. The standard InChI is InChI=1S/C14H13ClN2O3/c15-12-4-2-8-16(10-12)14(18)7-6-11-3-1-5-13(9-11)17(19)20/h1,3-7,9H,2,8,10H2/b7-6+. The molecule has 1 heterocycles. The lowest BCUT2D eigenvalue weighted by atomic mass is 10.2. The van der Waals surface area contributed by atoms with E-state index in [0.717, 1.165) is 6.42 Å². The lowest BCUT2D eigenvalue weighted by Crippen LogP contribution is -2.33. The summed E-state index contributed by atoms with van der Waals surface area (Å²) in [5.74, 6) is -0.150. The monoisotopic (exact) mass is 292 g/mol. The van der Waals surface area contributed by atoms with E-state index in [0.29, 0.717) is 23.7 Å². The van der Waals surface area contributed by atoms with Gasteiger partial charge in [-0.05, 0) is 18.1 Å². The van der Waals surface area contributed by atoms with Crippen LogP contribution in [0.1, 0.15) is 12.0 Å². The van der Waals surface area contributed by atoms with Crippen molar-refractivity contribution in [2.45, 2.75) is 6.42 Å². The Hall–Kier alpha value is -2.14. The molecule has 0 N–H and O–H groups in total. The maximum absolute atomic E-state index is 12.0. The number of nitro groups is 1. The predicted molar refractivity (Wildman–Crippen MR) is 77.3 cm³/mol. The van der Waals surface area contributed by atoms with Gasteiger partial charge in [-0.2, -0.15) is 0 Å². The molecule has 0 unspecified atom stereocenters. The molecule has 0 fully saturated rings. The molecule has 0 aromatic heterocycles. The van der Waals surface area contributed by atoms with E-state index in [9.17, 15) is 14.9 Å². The van der Waals surface area contributed by atoms with Crippen LogP contribution in [0.3, 0.4) is 0 Å². The van der Waals surface area contributed by atoms with Crippen LogP contribution in [0.2, 0.25) is 0 Å². The van der Waals surface area contributed by atoms with Crippen molar-refractivity contribution in [3.05, 3.63) is 57.1 Å². The zero-order chi connectivity index (χ0) is 14.5. The minimum atomic E-state index is -0.464. The van der Waals surface area contributed by atoms with Crippen molar-refractivity contribution in [1.82, 2.24) is 4.90 Å². The molecule has 0 bridgehead atoms. The Morgan fingerprint density at radius 2 is 2.25 bits per heavy atom. The van der Waals surface area contributed by atoms with Gasteiger partial charge < -0.3 is 4.90 Å². The Kier molecular flexibility index (Phi) is 4.53. The second-order valence-electron chi connectivity index (χ2n) is 4.38. The third kappa shape index (κ3) is 3.68. The molecule has 5 nitrogen and oxygen atoms in total. The third-order valence-corrected chi connectivity index (χ3v) is 3.19. The number of amides is 1. The van der Waals surface area contributed by atoms with E-state index >= 15 is 0 Å². The van der Waals surface area contributed by atoms with Crippen molar-refractivity contribution >= 4 is 29.3 Å². The second-order valence-corrected chi connectivity index (χ2v) is 4.87. The van der Waals surface area contributed by atoms with Gasteiger partial charge in [-0.1, -0.05) is 29.8 Å². The van der Waals surface area contributed by atoms with Gasteiger partial charge in [0.2, 0.25) is 5.91 Å². The molecule has 0 radical (unpaired) electrons. The van der Waals surface area contributed by atoms with Crippen LogP contribution < -0.4 is 0 Å². The van der Waals surface area contributed by atoms with E-state index in [4.69, 9.17) is 11.6 Å². The van der Waals surface area contributed by atoms with Gasteiger partial charge in [0.15, 0.2) is 0 Å². The molecular formula is C14H13ClN2O3. The first-order chi connectivity index (χ1) is 9.56. The van der Waals surface area contributed by atoms with Gasteiger partial charge in [-0.25, -0.2) is 0 Å². The number of carbonyl (C=O) groups excluding carboxylic acids is 1. The third-order valence-electron chi connectivity index (χ3n) is 2.92. The fraction of sp³-hybridized carbons (Fsp3) is 0.214. The summed E-state index contributed by atoms with van der Waals surface area (Å²) in [6.45, 7) is 1.05. The maximum atomic E-state index is 12.0. The zero-order valence-corrected chi connectivity index (χ0v) is 11.4. The topological polar surface area (TPSA) is 63.4 Å². The van der Waals surface area contributed by atoms with Crippen LogP contribution in [-0.4, -0.2) is 28.8 Å². The summed E-state index contributed by atoms with van der Waals surface area (Å²) in [6.07, 6.45) is 5.63. The Morgan fingerprint density at radius 3 is 2.95 bits per heavy atom. The van der Waals surface area contributed by atoms with Crippen molar-refractivity contribution in [2.75, 3.05) is 13.1 Å². The van der Waals surface area contributed by atoms with Gasteiger partial charge in [0.25, 0.3) is 5.69 Å². The molecule has 1 aromatic carbocycles. The summed E-state index contributed by atoms with van der Waals surface area (Å²) < 4.78 is 0. The quantitative estimate of drug-likeness (QED) is 0.489. The molecule has 1 aliphatic rings. The van der Waals surface area contributed by atoms with Crippen molar-refractivity contribution in [1.29, 1.82) is 0 Å². The smallest absolute Gasteiger partial charge is 0.270 e. The number of hydrogen-bond donors (Lipinski definition) is 0. The average Bonchev–Trinajstić information content (AvgIpc) is 2.45. The molecule has 2 rings (SSSR count). The van der Waals surface area contributed by atoms with Crippen molar-refractivity contribution in [3.63, 3.8) is 0 Å². The molecule has 1 aromatic rings.